The van der Waals surface area contributed by atoms with E-state index < -0.39 is 0 Å². The van der Waals surface area contributed by atoms with Gasteiger partial charge in [-0.1, -0.05) is 23.4 Å². The van der Waals surface area contributed by atoms with Crippen molar-refractivity contribution in [1.29, 1.82) is 0 Å². The monoisotopic (exact) mass is 204 g/mol. The minimum atomic E-state index is 0.0435. The molecule has 0 bridgehead atoms. The molecule has 0 amide bonds. The lowest BCUT2D eigenvalue weighted by molar-refractivity contribution is 0.0471. The first kappa shape index (κ1) is 10.0. The van der Waals surface area contributed by atoms with Crippen molar-refractivity contribution in [3.63, 3.8) is 0 Å². The van der Waals surface area contributed by atoms with Gasteiger partial charge < -0.3 is 9.57 Å². The maximum atomic E-state index is 5.56. The molecular weight excluding hydrogens is 190 g/mol. The molecule has 1 aromatic carbocycles. The fraction of sp³-hybridized carbons (Fsp3) is 0.333. The largest absolute Gasteiger partial charge is 0.490 e. The summed E-state index contributed by atoms with van der Waals surface area (Å²) in [6.45, 7) is 4.31. The van der Waals surface area contributed by atoms with E-state index in [2.05, 4.69) is 12.1 Å². The molecule has 1 atom stereocenters. The molecule has 1 aromatic rings. The van der Waals surface area contributed by atoms with Crippen LogP contribution in [-0.2, 0) is 4.84 Å². The zero-order valence-corrected chi connectivity index (χ0v) is 8.56. The third-order valence-electron chi connectivity index (χ3n) is 2.26. The maximum absolute atomic E-state index is 5.56. The van der Waals surface area contributed by atoms with E-state index in [4.69, 9.17) is 9.57 Å². The van der Waals surface area contributed by atoms with Crippen LogP contribution in [0, 0.1) is 6.92 Å². The lowest BCUT2D eigenvalue weighted by atomic mass is 10.1. The van der Waals surface area contributed by atoms with Crippen molar-refractivity contribution >= 4 is 5.71 Å². The Bertz CT molecular complexity index is 335. The summed E-state index contributed by atoms with van der Waals surface area (Å²) in [6.07, 6.45) is 1.58. The molecule has 1 aliphatic heterocycles. The molecule has 3 heteroatoms. The Kier molecular flexibility index (Phi) is 3.22. The second kappa shape index (κ2) is 4.82. The van der Waals surface area contributed by atoms with Crippen LogP contribution in [0.2, 0.25) is 0 Å². The number of hydrogen-bond acceptors (Lipinski definition) is 3. The molecule has 3 nitrogen and oxygen atoms in total. The van der Waals surface area contributed by atoms with E-state index in [1.165, 1.54) is 0 Å². The van der Waals surface area contributed by atoms with Gasteiger partial charge in [0.2, 0.25) is 0 Å². The van der Waals surface area contributed by atoms with Gasteiger partial charge in [-0.25, -0.2) is 0 Å². The van der Waals surface area contributed by atoms with Crippen molar-refractivity contribution in [2.24, 2.45) is 5.16 Å². The van der Waals surface area contributed by atoms with Crippen molar-refractivity contribution in [3.05, 3.63) is 37.3 Å². The van der Waals surface area contributed by atoms with E-state index in [1.54, 1.807) is 0 Å². The van der Waals surface area contributed by atoms with Gasteiger partial charge in [-0.2, -0.15) is 0 Å². The summed E-state index contributed by atoms with van der Waals surface area (Å²) in [6, 6.07) is 9.71. The van der Waals surface area contributed by atoms with Gasteiger partial charge in [-0.05, 0) is 25.5 Å². The average Bonchev–Trinajstić information content (AvgIpc) is 2.76. The molecule has 1 radical (unpaired) electrons. The van der Waals surface area contributed by atoms with Gasteiger partial charge >= 0.3 is 0 Å². The number of nitrogens with zero attached hydrogens (tertiary/aromatic N) is 1. The van der Waals surface area contributed by atoms with Crippen LogP contribution in [0.3, 0.4) is 0 Å². The van der Waals surface area contributed by atoms with Crippen molar-refractivity contribution in [2.75, 3.05) is 6.61 Å². The fourth-order valence-corrected chi connectivity index (χ4v) is 1.43. The summed E-state index contributed by atoms with van der Waals surface area (Å²) in [5.41, 5.74) is 1.01. The predicted octanol–water partition coefficient (Wildman–Crippen LogP) is 2.43. The van der Waals surface area contributed by atoms with Gasteiger partial charge in [0.25, 0.3) is 0 Å². The number of benzene rings is 1. The summed E-state index contributed by atoms with van der Waals surface area (Å²) in [7, 11) is 0. The van der Waals surface area contributed by atoms with Crippen molar-refractivity contribution < 1.29 is 9.57 Å². The van der Waals surface area contributed by atoms with Gasteiger partial charge in [0.05, 0.1) is 5.71 Å². The summed E-state index contributed by atoms with van der Waals surface area (Å²) in [4.78, 5) is 5.20. The van der Waals surface area contributed by atoms with Gasteiger partial charge in [-0.15, -0.1) is 0 Å². The number of oxime groups is 1. The second-order valence-electron chi connectivity index (χ2n) is 3.46. The van der Waals surface area contributed by atoms with Gasteiger partial charge in [-0.3, -0.25) is 0 Å². The summed E-state index contributed by atoms with van der Waals surface area (Å²) >= 11 is 0. The van der Waals surface area contributed by atoms with Gasteiger partial charge in [0, 0.05) is 6.42 Å². The van der Waals surface area contributed by atoms with E-state index in [9.17, 15) is 0 Å². The smallest absolute Gasteiger partial charge is 0.166 e. The zero-order chi connectivity index (χ0) is 10.5. The van der Waals surface area contributed by atoms with Crippen molar-refractivity contribution in [1.82, 2.24) is 0 Å². The zero-order valence-electron chi connectivity index (χ0n) is 8.56. The molecule has 2 rings (SSSR count). The molecule has 15 heavy (non-hydrogen) atoms. The van der Waals surface area contributed by atoms with Crippen LogP contribution in [0.1, 0.15) is 12.8 Å². The molecule has 1 aliphatic rings. The van der Waals surface area contributed by atoms with E-state index in [0.29, 0.717) is 13.0 Å². The molecule has 0 N–H and O–H groups in total. The molecule has 0 aliphatic carbocycles. The highest BCUT2D eigenvalue weighted by Gasteiger charge is 2.20. The Labute approximate surface area is 89.7 Å². The maximum Gasteiger partial charge on any atom is 0.166 e. The second-order valence-corrected chi connectivity index (χ2v) is 3.46. The summed E-state index contributed by atoms with van der Waals surface area (Å²) in [5, 5.41) is 3.92. The highest BCUT2D eigenvalue weighted by Crippen LogP contribution is 2.15. The molecular formula is C12H14NO2. The standard InChI is InChI=1S/C12H14NO2/c1-2-10-8-12(15-13-10)9-14-11-6-4-3-5-7-11/h3-7,12H,1-2,8-9H2. The molecule has 0 aromatic heterocycles. The third-order valence-corrected chi connectivity index (χ3v) is 2.26. The molecule has 1 unspecified atom stereocenters. The topological polar surface area (TPSA) is 30.8 Å². The van der Waals surface area contributed by atoms with E-state index in [0.717, 1.165) is 17.9 Å². The molecule has 0 spiro atoms. The summed E-state index contributed by atoms with van der Waals surface area (Å²) < 4.78 is 5.56. The highest BCUT2D eigenvalue weighted by molar-refractivity contribution is 5.85. The first-order valence-corrected chi connectivity index (χ1v) is 5.07. The first-order chi connectivity index (χ1) is 7.38. The van der Waals surface area contributed by atoms with Crippen molar-refractivity contribution in [2.45, 2.75) is 18.9 Å². The van der Waals surface area contributed by atoms with Crippen LogP contribution in [0.5, 0.6) is 5.75 Å². The average molecular weight is 204 g/mol. The van der Waals surface area contributed by atoms with Crippen LogP contribution in [-0.4, -0.2) is 18.4 Å². The Morgan fingerprint density at radius 3 is 2.87 bits per heavy atom. The van der Waals surface area contributed by atoms with Crippen molar-refractivity contribution in [3.8, 4) is 5.75 Å². The number of para-hydroxylation sites is 1. The van der Waals surface area contributed by atoms with Crippen LogP contribution >= 0.6 is 0 Å². The summed E-state index contributed by atoms with van der Waals surface area (Å²) in [5.74, 6) is 0.865. The number of ether oxygens (including phenoxy) is 1. The van der Waals surface area contributed by atoms with Crippen LogP contribution in [0.4, 0.5) is 0 Å². The lowest BCUT2D eigenvalue weighted by Crippen LogP contribution is -2.17. The third kappa shape index (κ3) is 2.72. The fourth-order valence-electron chi connectivity index (χ4n) is 1.43. The Morgan fingerprint density at radius 2 is 2.20 bits per heavy atom. The number of rotatable bonds is 4. The quantitative estimate of drug-likeness (QED) is 0.754. The van der Waals surface area contributed by atoms with Crippen LogP contribution < -0.4 is 4.74 Å². The van der Waals surface area contributed by atoms with Gasteiger partial charge in [0.15, 0.2) is 6.10 Å². The number of hydrogen-bond donors (Lipinski definition) is 0. The molecule has 1 heterocycles. The molecule has 0 saturated carbocycles. The van der Waals surface area contributed by atoms with E-state index >= 15 is 0 Å². The van der Waals surface area contributed by atoms with Gasteiger partial charge in [0.1, 0.15) is 12.4 Å². The molecule has 0 fully saturated rings. The van der Waals surface area contributed by atoms with E-state index in [1.807, 2.05) is 30.3 Å². The van der Waals surface area contributed by atoms with Crippen LogP contribution in [0.25, 0.3) is 0 Å². The molecule has 79 valence electrons. The SMILES string of the molecule is [CH2]CC1=NOC(COc2ccccc2)C1. The Balaban J connectivity index is 1.77. The predicted molar refractivity (Wildman–Crippen MR) is 58.8 cm³/mol. The minimum absolute atomic E-state index is 0.0435. The Hall–Kier alpha value is -1.51. The highest BCUT2D eigenvalue weighted by atomic mass is 16.7. The van der Waals surface area contributed by atoms with E-state index in [-0.39, 0.29) is 6.10 Å². The Morgan fingerprint density at radius 1 is 1.40 bits per heavy atom. The molecule has 0 saturated heterocycles. The van der Waals surface area contributed by atoms with Crippen LogP contribution in [0.15, 0.2) is 35.5 Å². The first-order valence-electron chi connectivity index (χ1n) is 5.07. The normalized spacial score (nSPS) is 19.5. The lowest BCUT2D eigenvalue weighted by Gasteiger charge is -2.09. The minimum Gasteiger partial charge on any atom is -0.490 e.